The molecule has 2 rings (SSSR count). The van der Waals surface area contributed by atoms with E-state index in [0.29, 0.717) is 6.42 Å². The minimum atomic E-state index is -0.902. The van der Waals surface area contributed by atoms with E-state index in [1.807, 2.05) is 26.2 Å². The molecule has 0 bridgehead atoms. The topological polar surface area (TPSA) is 70.4 Å². The van der Waals surface area contributed by atoms with Crippen molar-refractivity contribution in [2.24, 2.45) is 0 Å². The van der Waals surface area contributed by atoms with Crippen LogP contribution in [0.2, 0.25) is 0 Å². The van der Waals surface area contributed by atoms with Gasteiger partial charge in [-0.25, -0.2) is 4.98 Å². The molecule has 0 amide bonds. The zero-order valence-corrected chi connectivity index (χ0v) is 13.3. The van der Waals surface area contributed by atoms with Gasteiger partial charge < -0.3 is 9.67 Å². The quantitative estimate of drug-likeness (QED) is 0.828. The van der Waals surface area contributed by atoms with Crippen LogP contribution < -0.4 is 5.32 Å². The number of fused-ring (bicyclic) bond motifs is 1. The van der Waals surface area contributed by atoms with Crippen molar-refractivity contribution in [3.05, 3.63) is 18.2 Å². The van der Waals surface area contributed by atoms with E-state index >= 15 is 0 Å². The highest BCUT2D eigenvalue weighted by Gasteiger charge is 2.37. The largest absolute Gasteiger partial charge is 0.480 e. The maximum absolute atomic E-state index is 11.6. The molecule has 1 aromatic heterocycles. The molecular weight excluding hydrogens is 268 g/mol. The van der Waals surface area contributed by atoms with Gasteiger partial charge >= 0.3 is 5.97 Å². The molecule has 6 heteroatoms. The Balaban J connectivity index is 2.03. The molecule has 1 aliphatic heterocycles. The molecule has 2 heterocycles. The number of nitrogens with one attached hydrogen (secondary N) is 1. The Morgan fingerprint density at radius 3 is 2.81 bits per heavy atom. The number of aliphatic carboxylic acids is 1. The van der Waals surface area contributed by atoms with Gasteiger partial charge in [-0.05, 0) is 34.1 Å². The van der Waals surface area contributed by atoms with Crippen LogP contribution in [0.1, 0.15) is 39.9 Å². The number of hydrogen-bond donors (Lipinski definition) is 2. The highest BCUT2D eigenvalue weighted by molar-refractivity contribution is 5.78. The minimum Gasteiger partial charge on any atom is -0.480 e. The van der Waals surface area contributed by atoms with Crippen LogP contribution in [0.4, 0.5) is 0 Å². The van der Waals surface area contributed by atoms with Crippen LogP contribution in [-0.4, -0.2) is 49.7 Å². The van der Waals surface area contributed by atoms with E-state index in [0.717, 1.165) is 25.5 Å². The third-order valence-electron chi connectivity index (χ3n) is 4.18. The van der Waals surface area contributed by atoms with Crippen LogP contribution >= 0.6 is 0 Å². The molecule has 1 aliphatic rings. The molecule has 0 aliphatic carbocycles. The van der Waals surface area contributed by atoms with Crippen molar-refractivity contribution in [2.75, 3.05) is 6.54 Å². The van der Waals surface area contributed by atoms with E-state index in [1.54, 1.807) is 6.92 Å². The van der Waals surface area contributed by atoms with Crippen molar-refractivity contribution in [1.82, 2.24) is 19.8 Å². The zero-order valence-electron chi connectivity index (χ0n) is 13.3. The lowest BCUT2D eigenvalue weighted by atomic mass is 9.92. The van der Waals surface area contributed by atoms with Crippen molar-refractivity contribution in [3.63, 3.8) is 0 Å². The van der Waals surface area contributed by atoms with Gasteiger partial charge in [0.15, 0.2) is 0 Å². The molecule has 0 aromatic carbocycles. The van der Waals surface area contributed by atoms with Crippen molar-refractivity contribution < 1.29 is 9.90 Å². The summed E-state index contributed by atoms with van der Waals surface area (Å²) in [7, 11) is 0. The van der Waals surface area contributed by atoms with Crippen LogP contribution in [0.15, 0.2) is 12.4 Å². The average molecular weight is 294 g/mol. The van der Waals surface area contributed by atoms with Crippen molar-refractivity contribution in [2.45, 2.75) is 64.8 Å². The summed E-state index contributed by atoms with van der Waals surface area (Å²) in [6.45, 7) is 10.5. The second-order valence-corrected chi connectivity index (χ2v) is 6.50. The molecule has 0 radical (unpaired) electrons. The Morgan fingerprint density at radius 1 is 1.48 bits per heavy atom. The number of nitrogens with zero attached hydrogens (tertiary/aromatic N) is 3. The first-order valence-electron chi connectivity index (χ1n) is 7.57. The highest BCUT2D eigenvalue weighted by atomic mass is 16.4. The van der Waals surface area contributed by atoms with E-state index in [1.165, 1.54) is 0 Å². The molecule has 2 atom stereocenters. The number of aromatic nitrogens is 2. The maximum atomic E-state index is 11.6. The van der Waals surface area contributed by atoms with E-state index in [2.05, 4.69) is 26.7 Å². The van der Waals surface area contributed by atoms with Crippen LogP contribution in [0.5, 0.6) is 0 Å². The smallest absolute Gasteiger partial charge is 0.323 e. The molecule has 2 unspecified atom stereocenters. The number of hydrogen-bond acceptors (Lipinski definition) is 4. The molecule has 0 fully saturated rings. The van der Waals surface area contributed by atoms with Gasteiger partial charge in [-0.15, -0.1) is 0 Å². The number of carboxylic acid groups (broad SMARTS) is 1. The zero-order chi connectivity index (χ0) is 15.6. The summed E-state index contributed by atoms with van der Waals surface area (Å²) >= 11 is 0. The molecule has 0 spiro atoms. The van der Waals surface area contributed by atoms with E-state index in [-0.39, 0.29) is 12.1 Å². The van der Waals surface area contributed by atoms with Gasteiger partial charge in [0.1, 0.15) is 11.4 Å². The molecule has 0 saturated heterocycles. The molecule has 6 nitrogen and oxygen atoms in total. The summed E-state index contributed by atoms with van der Waals surface area (Å²) in [5, 5.41) is 12.7. The Hall–Kier alpha value is -1.40. The predicted octanol–water partition coefficient (Wildman–Crippen LogP) is 1.32. The average Bonchev–Trinajstić information content (AvgIpc) is 2.84. The van der Waals surface area contributed by atoms with E-state index < -0.39 is 11.5 Å². The van der Waals surface area contributed by atoms with Crippen LogP contribution in [0, 0.1) is 0 Å². The predicted molar refractivity (Wildman–Crippen MR) is 81.0 cm³/mol. The van der Waals surface area contributed by atoms with Crippen molar-refractivity contribution >= 4 is 5.97 Å². The first kappa shape index (κ1) is 16.0. The Bertz CT molecular complexity index is 500. The molecule has 0 saturated carbocycles. The number of carbonyl (C=O) groups is 1. The standard InChI is InChI=1S/C15H26N4O2/c1-11(2)17-15(4,14(20)21)9-12(3)19-8-7-18-6-5-16-13(18)10-19/h5-6,11-12,17H,7-10H2,1-4H3,(H,20,21). The maximum Gasteiger partial charge on any atom is 0.323 e. The fraction of sp³-hybridized carbons (Fsp3) is 0.733. The van der Waals surface area contributed by atoms with Crippen molar-refractivity contribution in [3.8, 4) is 0 Å². The second kappa shape index (κ2) is 6.15. The van der Waals surface area contributed by atoms with Gasteiger partial charge in [0.2, 0.25) is 0 Å². The molecule has 2 N–H and O–H groups in total. The van der Waals surface area contributed by atoms with Gasteiger partial charge in [0.25, 0.3) is 0 Å². The first-order chi connectivity index (χ1) is 9.82. The fourth-order valence-electron chi connectivity index (χ4n) is 3.13. The molecule has 118 valence electrons. The van der Waals surface area contributed by atoms with Gasteiger partial charge in [-0.2, -0.15) is 0 Å². The van der Waals surface area contributed by atoms with Crippen LogP contribution in [0.25, 0.3) is 0 Å². The number of imidazole rings is 1. The molecule has 1 aromatic rings. The van der Waals surface area contributed by atoms with Crippen molar-refractivity contribution in [1.29, 1.82) is 0 Å². The lowest BCUT2D eigenvalue weighted by Crippen LogP contribution is -2.56. The van der Waals surface area contributed by atoms with Crippen LogP contribution in [-0.2, 0) is 17.9 Å². The van der Waals surface area contributed by atoms with E-state index in [4.69, 9.17) is 0 Å². The Morgan fingerprint density at radius 2 is 2.19 bits per heavy atom. The number of carboxylic acids is 1. The van der Waals surface area contributed by atoms with Crippen LogP contribution in [0.3, 0.4) is 0 Å². The van der Waals surface area contributed by atoms with E-state index in [9.17, 15) is 9.90 Å². The molecular formula is C15H26N4O2. The summed E-state index contributed by atoms with van der Waals surface area (Å²) in [5.41, 5.74) is -0.902. The number of rotatable bonds is 6. The SMILES string of the molecule is CC(C)NC(C)(CC(C)N1CCn2ccnc2C1)C(=O)O. The lowest BCUT2D eigenvalue weighted by molar-refractivity contribution is -0.145. The fourth-order valence-corrected chi connectivity index (χ4v) is 3.13. The van der Waals surface area contributed by atoms with Gasteiger partial charge in [0.05, 0.1) is 6.54 Å². The summed E-state index contributed by atoms with van der Waals surface area (Å²) in [6, 6.07) is 0.321. The minimum absolute atomic E-state index is 0.138. The van der Waals surface area contributed by atoms with Gasteiger partial charge in [0, 0.05) is 37.6 Å². The monoisotopic (exact) mass is 294 g/mol. The lowest BCUT2D eigenvalue weighted by Gasteiger charge is -2.38. The highest BCUT2D eigenvalue weighted by Crippen LogP contribution is 2.21. The normalized spacial score (nSPS) is 20.0. The summed E-state index contributed by atoms with van der Waals surface area (Å²) in [4.78, 5) is 18.3. The third-order valence-corrected chi connectivity index (χ3v) is 4.18. The first-order valence-corrected chi connectivity index (χ1v) is 7.57. The Labute approximate surface area is 126 Å². The summed E-state index contributed by atoms with van der Waals surface area (Å²) in [5.74, 6) is 0.267. The summed E-state index contributed by atoms with van der Waals surface area (Å²) in [6.07, 6.45) is 4.39. The second-order valence-electron chi connectivity index (χ2n) is 6.50. The van der Waals surface area contributed by atoms with Gasteiger partial charge in [-0.3, -0.25) is 15.0 Å². The summed E-state index contributed by atoms with van der Waals surface area (Å²) < 4.78 is 2.16. The molecule has 21 heavy (non-hydrogen) atoms. The third kappa shape index (κ3) is 3.63. The van der Waals surface area contributed by atoms with Gasteiger partial charge in [-0.1, -0.05) is 0 Å². The Kier molecular flexibility index (Phi) is 4.68.